The van der Waals surface area contributed by atoms with E-state index in [1.807, 2.05) is 13.8 Å². The van der Waals surface area contributed by atoms with Gasteiger partial charge in [-0.3, -0.25) is 14.5 Å². The quantitative estimate of drug-likeness (QED) is 0.611. The van der Waals surface area contributed by atoms with Gasteiger partial charge in [0.15, 0.2) is 0 Å². The number of rotatable bonds is 3. The molecule has 0 spiro atoms. The lowest BCUT2D eigenvalue weighted by Crippen LogP contribution is -2.30. The first-order valence-corrected chi connectivity index (χ1v) is 6.14. The van der Waals surface area contributed by atoms with E-state index >= 15 is 0 Å². The second-order valence-electron chi connectivity index (χ2n) is 4.46. The second kappa shape index (κ2) is 5.68. The molecule has 0 aromatic heterocycles. The zero-order valence-electron chi connectivity index (χ0n) is 11.0. The van der Waals surface area contributed by atoms with Gasteiger partial charge < -0.3 is 4.74 Å². The van der Waals surface area contributed by atoms with Crippen LogP contribution in [0.1, 0.15) is 34.6 Å². The molecule has 4 nitrogen and oxygen atoms in total. The van der Waals surface area contributed by atoms with Gasteiger partial charge in [0.1, 0.15) is 6.61 Å². The summed E-state index contributed by atoms with van der Waals surface area (Å²) in [5.41, 5.74) is 0.903. The largest absolute Gasteiger partial charge is 0.366 e. The third kappa shape index (κ3) is 2.83. The Morgan fingerprint density at radius 2 is 1.68 bits per heavy atom. The molecule has 0 N–H and O–H groups in total. The van der Waals surface area contributed by atoms with E-state index in [0.29, 0.717) is 17.7 Å². The van der Waals surface area contributed by atoms with Gasteiger partial charge in [0.05, 0.1) is 23.8 Å². The molecule has 0 radical (unpaired) electrons. The van der Waals surface area contributed by atoms with Crippen LogP contribution in [0.15, 0.2) is 24.3 Å². The third-order valence-corrected chi connectivity index (χ3v) is 2.73. The van der Waals surface area contributed by atoms with E-state index in [-0.39, 0.29) is 24.5 Å². The number of ether oxygens (including phenoxy) is 1. The van der Waals surface area contributed by atoms with E-state index < -0.39 is 0 Å². The molecule has 0 fully saturated rings. The summed E-state index contributed by atoms with van der Waals surface area (Å²) in [5, 5.41) is 0. The zero-order chi connectivity index (χ0) is 13.8. The predicted octanol–water partition coefficient (Wildman–Crippen LogP) is 1.71. The Balaban J connectivity index is 2.01. The highest BCUT2D eigenvalue weighted by Crippen LogP contribution is 2.21. The van der Waals surface area contributed by atoms with Crippen LogP contribution in [0.4, 0.5) is 0 Å². The Hall–Kier alpha value is -2.12. The highest BCUT2D eigenvalue weighted by Gasteiger charge is 2.34. The third-order valence-electron chi connectivity index (χ3n) is 2.73. The Morgan fingerprint density at radius 1 is 1.11 bits per heavy atom. The number of hydrogen-bond donors (Lipinski definition) is 0. The maximum Gasteiger partial charge on any atom is 0.262 e. The van der Waals surface area contributed by atoms with Crippen LogP contribution in [0, 0.1) is 11.8 Å². The molecule has 98 valence electrons. The molecule has 1 heterocycles. The van der Waals surface area contributed by atoms with Crippen molar-refractivity contribution in [2.24, 2.45) is 0 Å². The van der Waals surface area contributed by atoms with Crippen LogP contribution < -0.4 is 0 Å². The molecule has 1 aromatic carbocycles. The normalized spacial score (nSPS) is 13.5. The van der Waals surface area contributed by atoms with Crippen LogP contribution in [0.2, 0.25) is 0 Å². The van der Waals surface area contributed by atoms with Crippen molar-refractivity contribution in [3.63, 3.8) is 0 Å². The lowest BCUT2D eigenvalue weighted by Gasteiger charge is -2.08. The lowest BCUT2D eigenvalue weighted by molar-refractivity contribution is 0.0674. The summed E-state index contributed by atoms with van der Waals surface area (Å²) in [6.07, 6.45) is 0.119. The zero-order valence-corrected chi connectivity index (χ0v) is 11.0. The van der Waals surface area contributed by atoms with Gasteiger partial charge in [-0.1, -0.05) is 24.0 Å². The van der Waals surface area contributed by atoms with Crippen LogP contribution in [0.3, 0.4) is 0 Å². The molecule has 0 aliphatic carbocycles. The van der Waals surface area contributed by atoms with Gasteiger partial charge in [0, 0.05) is 0 Å². The van der Waals surface area contributed by atoms with Crippen LogP contribution in [0.25, 0.3) is 0 Å². The summed E-state index contributed by atoms with van der Waals surface area (Å²) in [5.74, 6) is 5.02. The van der Waals surface area contributed by atoms with E-state index in [9.17, 15) is 9.59 Å². The van der Waals surface area contributed by atoms with Crippen molar-refractivity contribution in [3.8, 4) is 11.8 Å². The Kier molecular flexibility index (Phi) is 3.98. The van der Waals surface area contributed by atoms with Crippen molar-refractivity contribution in [2.75, 3.05) is 13.2 Å². The minimum Gasteiger partial charge on any atom is -0.366 e. The Labute approximate surface area is 112 Å². The minimum absolute atomic E-state index is 0.105. The number of amides is 2. The molecule has 0 atom stereocenters. The topological polar surface area (TPSA) is 46.6 Å². The molecule has 4 heteroatoms. The van der Waals surface area contributed by atoms with Crippen LogP contribution in [-0.4, -0.2) is 36.0 Å². The standard InChI is InChI=1S/C15H15NO3/c1-11(2)19-10-6-5-9-16-14(17)12-7-3-4-8-13(12)15(16)18/h3-4,7-8,11H,9-10H2,1-2H3. The number of fused-ring (bicyclic) bond motifs is 1. The summed E-state index contributed by atoms with van der Waals surface area (Å²) in [4.78, 5) is 25.1. The average molecular weight is 257 g/mol. The van der Waals surface area contributed by atoms with Gasteiger partial charge in [-0.25, -0.2) is 0 Å². The molecule has 1 aliphatic rings. The van der Waals surface area contributed by atoms with E-state index in [1.54, 1.807) is 24.3 Å². The van der Waals surface area contributed by atoms with Crippen molar-refractivity contribution >= 4 is 11.8 Å². The monoisotopic (exact) mass is 257 g/mol. The second-order valence-corrected chi connectivity index (χ2v) is 4.46. The summed E-state index contributed by atoms with van der Waals surface area (Å²) >= 11 is 0. The van der Waals surface area contributed by atoms with Gasteiger partial charge in [0.25, 0.3) is 11.8 Å². The Bertz CT molecular complexity index is 531. The highest BCUT2D eigenvalue weighted by molar-refractivity contribution is 6.21. The maximum atomic E-state index is 12.0. The van der Waals surface area contributed by atoms with Crippen molar-refractivity contribution in [1.82, 2.24) is 4.90 Å². The number of benzene rings is 1. The van der Waals surface area contributed by atoms with Crippen molar-refractivity contribution < 1.29 is 14.3 Å². The molecule has 0 unspecified atom stereocenters. The molecule has 2 rings (SSSR count). The first kappa shape index (κ1) is 13.3. The molecule has 1 aliphatic heterocycles. The molecule has 19 heavy (non-hydrogen) atoms. The number of carbonyl (C=O) groups is 2. The van der Waals surface area contributed by atoms with Crippen LogP contribution in [-0.2, 0) is 4.74 Å². The summed E-state index contributed by atoms with van der Waals surface area (Å²) < 4.78 is 5.26. The summed E-state index contributed by atoms with van der Waals surface area (Å²) in [6, 6.07) is 6.81. The Morgan fingerprint density at radius 3 is 2.21 bits per heavy atom. The molecule has 0 bridgehead atoms. The maximum absolute atomic E-state index is 12.0. The first-order valence-electron chi connectivity index (χ1n) is 6.14. The number of hydrogen-bond acceptors (Lipinski definition) is 3. The predicted molar refractivity (Wildman–Crippen MR) is 70.7 cm³/mol. The van der Waals surface area contributed by atoms with E-state index in [4.69, 9.17) is 4.74 Å². The van der Waals surface area contributed by atoms with Gasteiger partial charge in [-0.15, -0.1) is 0 Å². The fraction of sp³-hybridized carbons (Fsp3) is 0.333. The fourth-order valence-electron chi connectivity index (χ4n) is 1.78. The smallest absolute Gasteiger partial charge is 0.262 e. The van der Waals surface area contributed by atoms with E-state index in [1.165, 1.54) is 0 Å². The van der Waals surface area contributed by atoms with Crippen molar-refractivity contribution in [1.29, 1.82) is 0 Å². The fourth-order valence-corrected chi connectivity index (χ4v) is 1.78. The summed E-state index contributed by atoms with van der Waals surface area (Å²) in [7, 11) is 0. The van der Waals surface area contributed by atoms with Crippen LogP contribution >= 0.6 is 0 Å². The molecule has 0 saturated carbocycles. The number of imide groups is 1. The molecule has 0 saturated heterocycles. The number of carbonyl (C=O) groups excluding carboxylic acids is 2. The lowest BCUT2D eigenvalue weighted by atomic mass is 10.1. The molecular weight excluding hydrogens is 242 g/mol. The van der Waals surface area contributed by atoms with Crippen molar-refractivity contribution in [3.05, 3.63) is 35.4 Å². The molecule has 2 amide bonds. The van der Waals surface area contributed by atoms with Crippen LogP contribution in [0.5, 0.6) is 0 Å². The summed E-state index contributed by atoms with van der Waals surface area (Å²) in [6.45, 7) is 4.26. The molecular formula is C15H15NO3. The SMILES string of the molecule is CC(C)OCC#CCN1C(=O)c2ccccc2C1=O. The van der Waals surface area contributed by atoms with E-state index in [2.05, 4.69) is 11.8 Å². The number of nitrogens with zero attached hydrogens (tertiary/aromatic N) is 1. The van der Waals surface area contributed by atoms with Gasteiger partial charge in [-0.05, 0) is 26.0 Å². The highest BCUT2D eigenvalue weighted by atomic mass is 16.5. The minimum atomic E-state index is -0.278. The van der Waals surface area contributed by atoms with Gasteiger partial charge in [0.2, 0.25) is 0 Å². The average Bonchev–Trinajstić information content (AvgIpc) is 2.63. The van der Waals surface area contributed by atoms with Gasteiger partial charge in [-0.2, -0.15) is 0 Å². The van der Waals surface area contributed by atoms with E-state index in [0.717, 1.165) is 4.90 Å². The van der Waals surface area contributed by atoms with Crippen molar-refractivity contribution in [2.45, 2.75) is 20.0 Å². The molecule has 1 aromatic rings. The van der Waals surface area contributed by atoms with Gasteiger partial charge >= 0.3 is 0 Å². The first-order chi connectivity index (χ1) is 9.11.